The second kappa shape index (κ2) is 9.00. The number of fused-ring (bicyclic) bond motifs is 1. The minimum Gasteiger partial charge on any atom is -0.496 e. The zero-order chi connectivity index (χ0) is 22.1. The van der Waals surface area contributed by atoms with E-state index in [0.717, 1.165) is 28.3 Å². The van der Waals surface area contributed by atoms with Crippen molar-refractivity contribution in [3.63, 3.8) is 0 Å². The van der Waals surface area contributed by atoms with E-state index in [1.54, 1.807) is 18.9 Å². The molecule has 1 atom stereocenters. The minimum absolute atomic E-state index is 0.438. The van der Waals surface area contributed by atoms with Crippen molar-refractivity contribution in [1.82, 2.24) is 19.2 Å². The molecule has 0 amide bonds. The zero-order valence-corrected chi connectivity index (χ0v) is 19.3. The summed E-state index contributed by atoms with van der Waals surface area (Å²) >= 11 is 11.7. The first kappa shape index (κ1) is 21.8. The maximum absolute atomic E-state index is 10.9. The van der Waals surface area contributed by atoms with E-state index in [1.807, 2.05) is 47.9 Å². The third-order valence-corrected chi connectivity index (χ3v) is 6.22. The van der Waals surface area contributed by atoms with E-state index in [4.69, 9.17) is 38.4 Å². The van der Waals surface area contributed by atoms with Crippen LogP contribution in [0.3, 0.4) is 0 Å². The molecule has 0 saturated carbocycles. The Balaban J connectivity index is 1.67. The molecule has 1 aliphatic heterocycles. The number of aromatic nitrogens is 3. The van der Waals surface area contributed by atoms with E-state index in [-0.39, 0.29) is 0 Å². The maximum Gasteiger partial charge on any atom is 0.199 e. The van der Waals surface area contributed by atoms with E-state index < -0.39 is 6.10 Å². The number of hydrogen-bond acceptors (Lipinski definition) is 6. The Kier molecular flexibility index (Phi) is 6.34. The van der Waals surface area contributed by atoms with Crippen molar-refractivity contribution >= 4 is 23.8 Å². The van der Waals surface area contributed by atoms with E-state index in [2.05, 4.69) is 4.90 Å². The largest absolute Gasteiger partial charge is 0.496 e. The fourth-order valence-electron chi connectivity index (χ4n) is 4.07. The molecule has 31 heavy (non-hydrogen) atoms. The van der Waals surface area contributed by atoms with Crippen molar-refractivity contribution in [2.45, 2.75) is 32.8 Å². The van der Waals surface area contributed by atoms with Gasteiger partial charge in [-0.3, -0.25) is 4.90 Å². The summed E-state index contributed by atoms with van der Waals surface area (Å²) in [6.07, 6.45) is -0.702. The van der Waals surface area contributed by atoms with Crippen LogP contribution in [0.4, 0.5) is 0 Å². The van der Waals surface area contributed by atoms with Gasteiger partial charge in [-0.05, 0) is 55.5 Å². The molecule has 9 heteroatoms. The number of aliphatic hydroxyl groups is 1. The Morgan fingerprint density at radius 3 is 2.45 bits per heavy atom. The number of ether oxygens (including phenoxy) is 2. The van der Waals surface area contributed by atoms with Crippen molar-refractivity contribution in [3.05, 3.63) is 57.3 Å². The van der Waals surface area contributed by atoms with Gasteiger partial charge in [0.15, 0.2) is 10.6 Å². The first-order valence-corrected chi connectivity index (χ1v) is 10.8. The SMILES string of the molecule is CCn1c(-c2ccc(Cl)cc2)nn(CN2Cc3c(OC)ccc(OC)c3C(O)C2)c1=S. The molecule has 4 rings (SSSR count). The number of rotatable bonds is 6. The molecule has 0 fully saturated rings. The van der Waals surface area contributed by atoms with Crippen molar-refractivity contribution in [3.8, 4) is 22.9 Å². The summed E-state index contributed by atoms with van der Waals surface area (Å²) in [5.41, 5.74) is 2.65. The van der Waals surface area contributed by atoms with Gasteiger partial charge < -0.3 is 19.1 Å². The fourth-order valence-corrected chi connectivity index (χ4v) is 4.51. The summed E-state index contributed by atoms with van der Waals surface area (Å²) in [5.74, 6) is 2.19. The van der Waals surface area contributed by atoms with Crippen LogP contribution in [0.1, 0.15) is 24.2 Å². The highest BCUT2D eigenvalue weighted by atomic mass is 35.5. The van der Waals surface area contributed by atoms with Gasteiger partial charge in [0.05, 0.1) is 27.0 Å². The van der Waals surface area contributed by atoms with Crippen LogP contribution in [0.15, 0.2) is 36.4 Å². The Morgan fingerprint density at radius 2 is 1.81 bits per heavy atom. The molecule has 0 aliphatic carbocycles. The Hall–Kier alpha value is -2.39. The molecular formula is C22H25ClN4O3S. The summed E-state index contributed by atoms with van der Waals surface area (Å²) in [7, 11) is 3.24. The van der Waals surface area contributed by atoms with E-state index in [1.165, 1.54) is 0 Å². The highest BCUT2D eigenvalue weighted by molar-refractivity contribution is 7.71. The molecule has 2 aromatic carbocycles. The van der Waals surface area contributed by atoms with Crippen LogP contribution in [0.25, 0.3) is 11.4 Å². The van der Waals surface area contributed by atoms with Crippen molar-refractivity contribution in [2.24, 2.45) is 0 Å². The van der Waals surface area contributed by atoms with Gasteiger partial charge in [0, 0.05) is 41.3 Å². The fraction of sp³-hybridized carbons (Fsp3) is 0.364. The Labute approximate surface area is 191 Å². The standard InChI is InChI=1S/C22H25ClN4O3S/c1-4-26-21(14-5-7-15(23)8-6-14)24-27(22(26)31)13-25-11-16-18(29-2)9-10-19(30-3)20(16)17(28)12-25/h5-10,17,28H,4,11-13H2,1-3H3. The lowest BCUT2D eigenvalue weighted by Gasteiger charge is -2.33. The second-order valence-electron chi connectivity index (χ2n) is 7.39. The van der Waals surface area contributed by atoms with E-state index >= 15 is 0 Å². The molecule has 0 saturated heterocycles. The van der Waals surface area contributed by atoms with Gasteiger partial charge in [0.25, 0.3) is 0 Å². The van der Waals surface area contributed by atoms with Crippen LogP contribution >= 0.6 is 23.8 Å². The normalized spacial score (nSPS) is 16.2. The average Bonchev–Trinajstić information content (AvgIpc) is 3.08. The van der Waals surface area contributed by atoms with Crippen LogP contribution < -0.4 is 9.47 Å². The number of benzene rings is 2. The predicted molar refractivity (Wildman–Crippen MR) is 122 cm³/mol. The lowest BCUT2D eigenvalue weighted by Crippen LogP contribution is -2.36. The molecule has 1 aromatic heterocycles. The van der Waals surface area contributed by atoms with Gasteiger partial charge in [0.1, 0.15) is 11.5 Å². The third-order valence-electron chi connectivity index (χ3n) is 5.54. The molecule has 1 N–H and O–H groups in total. The summed E-state index contributed by atoms with van der Waals surface area (Å²) < 4.78 is 15.4. The number of halogens is 1. The molecule has 7 nitrogen and oxygen atoms in total. The smallest absolute Gasteiger partial charge is 0.199 e. The highest BCUT2D eigenvalue weighted by Crippen LogP contribution is 2.39. The van der Waals surface area contributed by atoms with Crippen LogP contribution in [-0.2, 0) is 19.8 Å². The topological polar surface area (TPSA) is 64.7 Å². The maximum atomic E-state index is 10.9. The van der Waals surface area contributed by atoms with Gasteiger partial charge >= 0.3 is 0 Å². The first-order valence-electron chi connectivity index (χ1n) is 10.0. The molecule has 0 bridgehead atoms. The van der Waals surface area contributed by atoms with Crippen molar-refractivity contribution < 1.29 is 14.6 Å². The first-order chi connectivity index (χ1) is 15.0. The second-order valence-corrected chi connectivity index (χ2v) is 8.19. The summed E-state index contributed by atoms with van der Waals surface area (Å²) in [4.78, 5) is 2.10. The number of nitrogens with zero attached hydrogens (tertiary/aromatic N) is 4. The summed E-state index contributed by atoms with van der Waals surface area (Å²) in [6, 6.07) is 11.3. The van der Waals surface area contributed by atoms with Gasteiger partial charge in [-0.1, -0.05) is 11.6 Å². The van der Waals surface area contributed by atoms with Gasteiger partial charge in [-0.15, -0.1) is 0 Å². The molecule has 0 radical (unpaired) electrons. The number of β-amino-alcohol motifs (C(OH)–C–C–N with tert-alkyl or cyclic N) is 1. The van der Waals surface area contributed by atoms with Crippen LogP contribution in [0, 0.1) is 4.77 Å². The number of methoxy groups -OCH3 is 2. The van der Waals surface area contributed by atoms with Gasteiger partial charge in [-0.25, -0.2) is 4.68 Å². The zero-order valence-electron chi connectivity index (χ0n) is 17.7. The Morgan fingerprint density at radius 1 is 1.13 bits per heavy atom. The lowest BCUT2D eigenvalue weighted by atomic mass is 9.95. The molecular weight excluding hydrogens is 436 g/mol. The monoisotopic (exact) mass is 460 g/mol. The molecule has 2 heterocycles. The number of hydrogen-bond donors (Lipinski definition) is 1. The minimum atomic E-state index is -0.702. The van der Waals surface area contributed by atoms with Crippen molar-refractivity contribution in [1.29, 1.82) is 0 Å². The molecule has 0 spiro atoms. The van der Waals surface area contributed by atoms with Crippen LogP contribution in [0.5, 0.6) is 11.5 Å². The van der Waals surface area contributed by atoms with E-state index in [0.29, 0.717) is 41.8 Å². The van der Waals surface area contributed by atoms with Crippen LogP contribution in [0.2, 0.25) is 5.02 Å². The molecule has 1 aliphatic rings. The molecule has 3 aromatic rings. The lowest BCUT2D eigenvalue weighted by molar-refractivity contribution is 0.0669. The van der Waals surface area contributed by atoms with Crippen molar-refractivity contribution in [2.75, 3.05) is 20.8 Å². The average molecular weight is 461 g/mol. The quantitative estimate of drug-likeness (QED) is 0.554. The third kappa shape index (κ3) is 4.08. The number of aliphatic hydroxyl groups excluding tert-OH is 1. The predicted octanol–water partition coefficient (Wildman–Crippen LogP) is 4.28. The molecule has 164 valence electrons. The van der Waals surface area contributed by atoms with E-state index in [9.17, 15) is 5.11 Å². The Bertz CT molecular complexity index is 1140. The van der Waals surface area contributed by atoms with Gasteiger partial charge in [-0.2, -0.15) is 5.10 Å². The summed E-state index contributed by atoms with van der Waals surface area (Å²) in [5, 5.41) is 16.3. The summed E-state index contributed by atoms with van der Waals surface area (Å²) in [6.45, 7) is 4.22. The van der Waals surface area contributed by atoms with Gasteiger partial charge in [0.2, 0.25) is 0 Å². The highest BCUT2D eigenvalue weighted by Gasteiger charge is 2.30. The van der Waals surface area contributed by atoms with Crippen LogP contribution in [-0.4, -0.2) is 45.1 Å². The molecule has 1 unspecified atom stereocenters.